The molecule has 2 rings (SSSR count). The Morgan fingerprint density at radius 2 is 2.12 bits per heavy atom. The van der Waals surface area contributed by atoms with Crippen molar-refractivity contribution >= 4 is 57.6 Å². The zero-order valence-corrected chi connectivity index (χ0v) is 15.3. The topological polar surface area (TPSA) is 68.3 Å². The maximum absolute atomic E-state index is 12.0. The third-order valence-electron chi connectivity index (χ3n) is 2.86. The second kappa shape index (κ2) is 8.28. The van der Waals surface area contributed by atoms with Crippen LogP contribution in [0.5, 0.6) is 0 Å². The minimum absolute atomic E-state index is 0.280. The Balaban J connectivity index is 2.06. The summed E-state index contributed by atoms with van der Waals surface area (Å²) < 4.78 is 4.93. The molecule has 0 bridgehead atoms. The van der Waals surface area contributed by atoms with E-state index in [-0.39, 0.29) is 12.5 Å². The first-order valence-corrected chi connectivity index (χ1v) is 8.56. The molecule has 0 aliphatic carbocycles. The number of rotatable bonds is 5. The van der Waals surface area contributed by atoms with Crippen LogP contribution in [0.1, 0.15) is 27.9 Å². The van der Waals surface area contributed by atoms with Gasteiger partial charge in [0.25, 0.3) is 0 Å². The molecule has 24 heavy (non-hydrogen) atoms. The lowest BCUT2D eigenvalue weighted by Crippen LogP contribution is -2.07. The number of thiazole rings is 1. The largest absolute Gasteiger partial charge is 0.462 e. The van der Waals surface area contributed by atoms with Gasteiger partial charge in [-0.25, -0.2) is 9.78 Å². The van der Waals surface area contributed by atoms with Gasteiger partial charge in [0.1, 0.15) is 4.88 Å². The fourth-order valence-corrected chi connectivity index (χ4v) is 3.12. The summed E-state index contributed by atoms with van der Waals surface area (Å²) in [5.74, 6) is -0.832. The van der Waals surface area contributed by atoms with Crippen LogP contribution in [0.15, 0.2) is 24.3 Å². The molecular weight excluding hydrogens is 371 g/mol. The highest BCUT2D eigenvalue weighted by molar-refractivity contribution is 7.17. The van der Waals surface area contributed by atoms with Crippen LogP contribution in [0.3, 0.4) is 0 Å². The van der Waals surface area contributed by atoms with E-state index in [4.69, 9.17) is 27.9 Å². The van der Waals surface area contributed by atoms with Gasteiger partial charge in [-0.1, -0.05) is 40.6 Å². The Kier molecular flexibility index (Phi) is 6.36. The number of aromatic nitrogens is 1. The van der Waals surface area contributed by atoms with Crippen molar-refractivity contribution in [3.8, 4) is 0 Å². The van der Waals surface area contributed by atoms with E-state index in [9.17, 15) is 9.59 Å². The van der Waals surface area contributed by atoms with Crippen LogP contribution in [0.25, 0.3) is 6.08 Å². The zero-order valence-electron chi connectivity index (χ0n) is 12.9. The zero-order chi connectivity index (χ0) is 17.7. The van der Waals surface area contributed by atoms with Crippen molar-refractivity contribution in [3.63, 3.8) is 0 Å². The number of anilines is 1. The molecule has 8 heteroatoms. The number of carbonyl (C=O) groups is 2. The fraction of sp³-hybridized carbons (Fsp3) is 0.188. The van der Waals surface area contributed by atoms with Crippen LogP contribution in [0.4, 0.5) is 5.13 Å². The molecule has 1 aromatic heterocycles. The molecule has 0 aliphatic heterocycles. The van der Waals surface area contributed by atoms with E-state index in [0.29, 0.717) is 31.3 Å². The molecule has 2 aromatic rings. The molecule has 0 saturated carbocycles. The van der Waals surface area contributed by atoms with E-state index in [1.165, 1.54) is 6.08 Å². The van der Waals surface area contributed by atoms with Crippen LogP contribution >= 0.6 is 34.5 Å². The Morgan fingerprint density at radius 3 is 2.79 bits per heavy atom. The summed E-state index contributed by atoms with van der Waals surface area (Å²) in [4.78, 5) is 28.2. The summed E-state index contributed by atoms with van der Waals surface area (Å²) in [5, 5.41) is 3.90. The third-order valence-corrected chi connectivity index (χ3v) is 4.48. The van der Waals surface area contributed by atoms with Crippen LogP contribution in [-0.4, -0.2) is 23.5 Å². The molecule has 1 amide bonds. The number of esters is 1. The predicted octanol–water partition coefficient (Wildman–Crippen LogP) is 4.59. The summed E-state index contributed by atoms with van der Waals surface area (Å²) in [7, 11) is 0. The Bertz CT molecular complexity index is 803. The molecule has 1 N–H and O–H groups in total. The molecule has 0 atom stereocenters. The number of nitrogens with one attached hydrogen (secondary N) is 1. The number of ether oxygens (including phenoxy) is 1. The standard InChI is InChI=1S/C16H14Cl2N2O3S/c1-3-23-15(22)14-9(2)19-16(24-14)20-13(21)7-5-10-4-6-11(17)8-12(10)18/h4-8H,3H2,1-2H3,(H,19,20,21). The molecule has 0 spiro atoms. The molecular formula is C16H14Cl2N2O3S. The van der Waals surface area contributed by atoms with Crippen LogP contribution in [0, 0.1) is 6.92 Å². The smallest absolute Gasteiger partial charge is 0.350 e. The molecule has 0 aliphatic rings. The fourth-order valence-electron chi connectivity index (χ4n) is 1.79. The number of hydrogen-bond donors (Lipinski definition) is 1. The number of nitrogens with zero attached hydrogens (tertiary/aromatic N) is 1. The Morgan fingerprint density at radius 1 is 1.38 bits per heavy atom. The number of benzene rings is 1. The highest BCUT2D eigenvalue weighted by Gasteiger charge is 2.16. The summed E-state index contributed by atoms with van der Waals surface area (Å²) in [6.07, 6.45) is 2.90. The minimum Gasteiger partial charge on any atom is -0.462 e. The lowest BCUT2D eigenvalue weighted by Gasteiger charge is -1.99. The molecule has 0 fully saturated rings. The van der Waals surface area contributed by atoms with E-state index in [1.54, 1.807) is 38.1 Å². The van der Waals surface area contributed by atoms with Crippen molar-refractivity contribution in [1.82, 2.24) is 4.98 Å². The summed E-state index contributed by atoms with van der Waals surface area (Å²) in [5.41, 5.74) is 1.18. The maximum atomic E-state index is 12.0. The van der Waals surface area contributed by atoms with Gasteiger partial charge in [0.15, 0.2) is 5.13 Å². The number of hydrogen-bond acceptors (Lipinski definition) is 5. The van der Waals surface area contributed by atoms with Crippen LogP contribution in [0.2, 0.25) is 10.0 Å². The molecule has 1 heterocycles. The lowest BCUT2D eigenvalue weighted by atomic mass is 10.2. The minimum atomic E-state index is -0.448. The van der Waals surface area contributed by atoms with Gasteiger partial charge in [-0.05, 0) is 37.6 Å². The van der Waals surface area contributed by atoms with Gasteiger partial charge in [-0.15, -0.1) is 0 Å². The lowest BCUT2D eigenvalue weighted by molar-refractivity contribution is -0.111. The van der Waals surface area contributed by atoms with Crippen molar-refractivity contribution < 1.29 is 14.3 Å². The van der Waals surface area contributed by atoms with Gasteiger partial charge in [0, 0.05) is 16.1 Å². The molecule has 0 radical (unpaired) electrons. The number of halogens is 2. The second-order valence-corrected chi connectivity index (χ2v) is 6.49. The van der Waals surface area contributed by atoms with Gasteiger partial charge < -0.3 is 4.74 Å². The second-order valence-electron chi connectivity index (χ2n) is 4.64. The normalized spacial score (nSPS) is 10.8. The number of aryl methyl sites for hydroxylation is 1. The molecule has 0 unspecified atom stereocenters. The van der Waals surface area contributed by atoms with Crippen LogP contribution in [-0.2, 0) is 9.53 Å². The van der Waals surface area contributed by atoms with Gasteiger partial charge >= 0.3 is 5.97 Å². The van der Waals surface area contributed by atoms with Crippen molar-refractivity contribution in [2.45, 2.75) is 13.8 Å². The molecule has 5 nitrogen and oxygen atoms in total. The van der Waals surface area contributed by atoms with E-state index in [0.717, 1.165) is 11.3 Å². The molecule has 1 aromatic carbocycles. The van der Waals surface area contributed by atoms with Gasteiger partial charge in [0.2, 0.25) is 5.91 Å². The quantitative estimate of drug-likeness (QED) is 0.604. The van der Waals surface area contributed by atoms with E-state index >= 15 is 0 Å². The third kappa shape index (κ3) is 4.80. The Hall–Kier alpha value is -1.89. The average Bonchev–Trinajstić information content (AvgIpc) is 2.87. The highest BCUT2D eigenvalue weighted by atomic mass is 35.5. The van der Waals surface area contributed by atoms with E-state index < -0.39 is 5.97 Å². The number of amides is 1. The van der Waals surface area contributed by atoms with Crippen LogP contribution < -0.4 is 5.32 Å². The first-order chi connectivity index (χ1) is 11.4. The first kappa shape index (κ1) is 18.4. The average molecular weight is 385 g/mol. The first-order valence-electron chi connectivity index (χ1n) is 6.99. The van der Waals surface area contributed by atoms with Crippen molar-refractivity contribution in [2.24, 2.45) is 0 Å². The maximum Gasteiger partial charge on any atom is 0.350 e. The van der Waals surface area contributed by atoms with Crippen molar-refractivity contribution in [1.29, 1.82) is 0 Å². The SMILES string of the molecule is CCOC(=O)c1sc(NC(=O)C=Cc2ccc(Cl)cc2Cl)nc1C. The summed E-state index contributed by atoms with van der Waals surface area (Å²) in [6, 6.07) is 4.98. The van der Waals surface area contributed by atoms with Crippen molar-refractivity contribution in [2.75, 3.05) is 11.9 Å². The van der Waals surface area contributed by atoms with Gasteiger partial charge in [-0.3, -0.25) is 10.1 Å². The summed E-state index contributed by atoms with van der Waals surface area (Å²) in [6.45, 7) is 3.69. The molecule has 0 saturated heterocycles. The molecule has 126 valence electrons. The van der Waals surface area contributed by atoms with Gasteiger partial charge in [-0.2, -0.15) is 0 Å². The Labute approximate surface area is 153 Å². The van der Waals surface area contributed by atoms with Gasteiger partial charge in [0.05, 0.1) is 12.3 Å². The van der Waals surface area contributed by atoms with E-state index in [2.05, 4.69) is 10.3 Å². The highest BCUT2D eigenvalue weighted by Crippen LogP contribution is 2.24. The summed E-state index contributed by atoms with van der Waals surface area (Å²) >= 11 is 12.9. The predicted molar refractivity (Wildman–Crippen MR) is 96.9 cm³/mol. The van der Waals surface area contributed by atoms with Crippen molar-refractivity contribution in [3.05, 3.63) is 50.5 Å². The number of carbonyl (C=O) groups excluding carboxylic acids is 2. The van der Waals surface area contributed by atoms with E-state index in [1.807, 2.05) is 0 Å². The monoisotopic (exact) mass is 384 g/mol.